The third kappa shape index (κ3) is 4.53. The van der Waals surface area contributed by atoms with Crippen LogP contribution < -0.4 is 4.74 Å². The molecule has 0 saturated carbocycles. The van der Waals surface area contributed by atoms with Crippen LogP contribution >= 0.6 is 0 Å². The van der Waals surface area contributed by atoms with Gasteiger partial charge in [-0.2, -0.15) is 10.5 Å². The highest BCUT2D eigenvalue weighted by Gasteiger charge is 2.34. The Morgan fingerprint density at radius 3 is 1.97 bits per heavy atom. The van der Waals surface area contributed by atoms with Crippen molar-refractivity contribution in [3.8, 4) is 23.6 Å². The normalized spacial score (nSPS) is 11.8. The molecule has 1 amide bonds. The summed E-state index contributed by atoms with van der Waals surface area (Å²) in [7, 11) is 0. The van der Waals surface area contributed by atoms with Gasteiger partial charge in [0.2, 0.25) is 0 Å². The molecule has 0 radical (unpaired) electrons. The van der Waals surface area contributed by atoms with Crippen molar-refractivity contribution in [2.75, 3.05) is 19.7 Å². The molecule has 2 aromatic carbocycles. The number of hydrogen-bond acceptors (Lipinski definition) is 6. The molecular weight excluding hydrogens is 370 g/mol. The standard InChI is InChI=1S/C22H19N3O4/c23-11-5-13-25(14-6-12-24)20(26)15-28-22(27)21-16-7-1-3-9-18(16)29-19-10-4-2-8-17(19)21/h1-4,7-10,21H,5-6,13-15H2. The lowest BCUT2D eigenvalue weighted by molar-refractivity contribution is -0.152. The summed E-state index contributed by atoms with van der Waals surface area (Å²) in [5, 5.41) is 17.5. The monoisotopic (exact) mass is 389 g/mol. The molecule has 146 valence electrons. The average Bonchev–Trinajstić information content (AvgIpc) is 2.75. The van der Waals surface area contributed by atoms with Gasteiger partial charge in [0.25, 0.3) is 5.91 Å². The molecule has 0 aliphatic carbocycles. The molecule has 7 nitrogen and oxygen atoms in total. The van der Waals surface area contributed by atoms with Gasteiger partial charge in [-0.05, 0) is 12.1 Å². The van der Waals surface area contributed by atoms with Crippen LogP contribution in [0.1, 0.15) is 29.9 Å². The summed E-state index contributed by atoms with van der Waals surface area (Å²) in [4.78, 5) is 26.7. The second-order valence-corrected chi connectivity index (χ2v) is 6.42. The topological polar surface area (TPSA) is 103 Å². The second kappa shape index (κ2) is 9.38. The highest BCUT2D eigenvalue weighted by atomic mass is 16.5. The number of esters is 1. The fourth-order valence-corrected chi connectivity index (χ4v) is 3.20. The molecule has 2 aromatic rings. The zero-order valence-corrected chi connectivity index (χ0v) is 15.7. The number of carbonyl (C=O) groups excluding carboxylic acids is 2. The van der Waals surface area contributed by atoms with E-state index >= 15 is 0 Å². The van der Waals surface area contributed by atoms with Crippen molar-refractivity contribution >= 4 is 11.9 Å². The van der Waals surface area contributed by atoms with Gasteiger partial charge < -0.3 is 14.4 Å². The van der Waals surface area contributed by atoms with Crippen LogP contribution in [0, 0.1) is 22.7 Å². The van der Waals surface area contributed by atoms with Gasteiger partial charge in [0.1, 0.15) is 17.4 Å². The number of benzene rings is 2. The smallest absolute Gasteiger partial charge is 0.318 e. The zero-order chi connectivity index (χ0) is 20.6. The van der Waals surface area contributed by atoms with Crippen LogP contribution in [0.15, 0.2) is 48.5 Å². The van der Waals surface area contributed by atoms with Gasteiger partial charge in [-0.3, -0.25) is 9.59 Å². The number of carbonyl (C=O) groups is 2. The third-order valence-electron chi connectivity index (χ3n) is 4.59. The maximum atomic E-state index is 12.9. The molecule has 0 saturated heterocycles. The molecule has 0 fully saturated rings. The first-order valence-electron chi connectivity index (χ1n) is 9.19. The van der Waals surface area contributed by atoms with E-state index in [0.717, 1.165) is 0 Å². The minimum Gasteiger partial charge on any atom is -0.457 e. The summed E-state index contributed by atoms with van der Waals surface area (Å²) in [6, 6.07) is 18.4. The van der Waals surface area contributed by atoms with Crippen molar-refractivity contribution in [3.05, 3.63) is 59.7 Å². The molecule has 0 spiro atoms. The van der Waals surface area contributed by atoms with Crippen molar-refractivity contribution in [1.29, 1.82) is 10.5 Å². The summed E-state index contributed by atoms with van der Waals surface area (Å²) in [6.45, 7) is -0.0631. The van der Waals surface area contributed by atoms with Crippen LogP contribution in [0.4, 0.5) is 0 Å². The fourth-order valence-electron chi connectivity index (χ4n) is 3.20. The first-order valence-corrected chi connectivity index (χ1v) is 9.19. The quantitative estimate of drug-likeness (QED) is 0.674. The van der Waals surface area contributed by atoms with Crippen molar-refractivity contribution in [3.63, 3.8) is 0 Å². The lowest BCUT2D eigenvalue weighted by atomic mass is 9.88. The molecule has 1 aliphatic rings. The lowest BCUT2D eigenvalue weighted by Gasteiger charge is -2.27. The summed E-state index contributed by atoms with van der Waals surface area (Å²) in [5.74, 6) is -0.538. The Morgan fingerprint density at radius 2 is 1.45 bits per heavy atom. The Bertz CT molecular complexity index is 927. The van der Waals surface area contributed by atoms with E-state index in [9.17, 15) is 9.59 Å². The molecule has 0 bridgehead atoms. The number of para-hydroxylation sites is 2. The number of rotatable bonds is 7. The van der Waals surface area contributed by atoms with Gasteiger partial charge in [-0.25, -0.2) is 0 Å². The van der Waals surface area contributed by atoms with E-state index in [-0.39, 0.29) is 25.9 Å². The van der Waals surface area contributed by atoms with Crippen LogP contribution in [0.5, 0.6) is 11.5 Å². The van der Waals surface area contributed by atoms with Crippen LogP contribution in [0.25, 0.3) is 0 Å². The number of hydrogen-bond donors (Lipinski definition) is 0. The fraction of sp³-hybridized carbons (Fsp3) is 0.273. The summed E-state index contributed by atoms with van der Waals surface area (Å²) in [5.41, 5.74) is 1.35. The van der Waals surface area contributed by atoms with Crippen molar-refractivity contribution in [2.24, 2.45) is 0 Å². The molecule has 3 rings (SSSR count). The summed E-state index contributed by atoms with van der Waals surface area (Å²) >= 11 is 0. The van der Waals surface area contributed by atoms with Crippen molar-refractivity contribution in [1.82, 2.24) is 4.90 Å². The molecule has 0 atom stereocenters. The average molecular weight is 389 g/mol. The Labute approximate surface area is 168 Å². The maximum Gasteiger partial charge on any atom is 0.318 e. The van der Waals surface area contributed by atoms with Gasteiger partial charge in [-0.15, -0.1) is 0 Å². The molecule has 1 aliphatic heterocycles. The summed E-state index contributed by atoms with van der Waals surface area (Å²) < 4.78 is 11.2. The van der Waals surface area contributed by atoms with Gasteiger partial charge in [0, 0.05) is 24.2 Å². The summed E-state index contributed by atoms with van der Waals surface area (Å²) in [6.07, 6.45) is 0.289. The van der Waals surface area contributed by atoms with Gasteiger partial charge in [-0.1, -0.05) is 36.4 Å². The maximum absolute atomic E-state index is 12.9. The van der Waals surface area contributed by atoms with E-state index in [0.29, 0.717) is 22.6 Å². The van der Waals surface area contributed by atoms with E-state index in [1.54, 1.807) is 24.3 Å². The van der Waals surface area contributed by atoms with Crippen LogP contribution in [-0.4, -0.2) is 36.5 Å². The highest BCUT2D eigenvalue weighted by Crippen LogP contribution is 2.44. The molecule has 0 unspecified atom stereocenters. The van der Waals surface area contributed by atoms with E-state index in [1.807, 2.05) is 36.4 Å². The third-order valence-corrected chi connectivity index (χ3v) is 4.59. The van der Waals surface area contributed by atoms with E-state index in [1.165, 1.54) is 4.90 Å². The Kier molecular flexibility index (Phi) is 6.44. The van der Waals surface area contributed by atoms with Crippen LogP contribution in [-0.2, 0) is 14.3 Å². The Balaban J connectivity index is 1.75. The van der Waals surface area contributed by atoms with E-state index in [2.05, 4.69) is 0 Å². The number of ether oxygens (including phenoxy) is 2. The highest BCUT2D eigenvalue weighted by molar-refractivity contribution is 5.87. The molecular formula is C22H19N3O4. The van der Waals surface area contributed by atoms with Gasteiger partial charge in [0.15, 0.2) is 6.61 Å². The lowest BCUT2D eigenvalue weighted by Crippen LogP contribution is -2.36. The first-order chi connectivity index (χ1) is 14.2. The Hall–Kier alpha value is -3.84. The Morgan fingerprint density at radius 1 is 0.931 bits per heavy atom. The van der Waals surface area contributed by atoms with Crippen LogP contribution in [0.3, 0.4) is 0 Å². The largest absolute Gasteiger partial charge is 0.457 e. The molecule has 29 heavy (non-hydrogen) atoms. The number of nitrogens with zero attached hydrogens (tertiary/aromatic N) is 3. The number of fused-ring (bicyclic) bond motifs is 2. The molecule has 0 aromatic heterocycles. The van der Waals surface area contributed by atoms with E-state index < -0.39 is 24.4 Å². The predicted octanol–water partition coefficient (Wildman–Crippen LogP) is 3.12. The van der Waals surface area contributed by atoms with Crippen molar-refractivity contribution < 1.29 is 19.1 Å². The SMILES string of the molecule is N#CCCN(CCC#N)C(=O)COC(=O)C1c2ccccc2Oc2ccccc21. The predicted molar refractivity (Wildman–Crippen MR) is 103 cm³/mol. The number of nitriles is 2. The van der Waals surface area contributed by atoms with Crippen LogP contribution in [0.2, 0.25) is 0 Å². The minimum atomic E-state index is -0.699. The minimum absolute atomic E-state index is 0.145. The molecule has 1 heterocycles. The number of amides is 1. The molecule has 0 N–H and O–H groups in total. The van der Waals surface area contributed by atoms with E-state index in [4.69, 9.17) is 20.0 Å². The second-order valence-electron chi connectivity index (χ2n) is 6.42. The molecule has 7 heteroatoms. The first kappa shape index (κ1) is 19.9. The van der Waals surface area contributed by atoms with Gasteiger partial charge in [0.05, 0.1) is 25.0 Å². The van der Waals surface area contributed by atoms with Gasteiger partial charge >= 0.3 is 5.97 Å². The van der Waals surface area contributed by atoms with Crippen molar-refractivity contribution in [2.45, 2.75) is 18.8 Å². The zero-order valence-electron chi connectivity index (χ0n) is 15.7.